The van der Waals surface area contributed by atoms with Crippen LogP contribution in [-0.2, 0) is 14.3 Å². The predicted molar refractivity (Wildman–Crippen MR) is 174 cm³/mol. The van der Waals surface area contributed by atoms with Crippen LogP contribution < -0.4 is 0 Å². The van der Waals surface area contributed by atoms with Crippen LogP contribution in [-0.4, -0.2) is 24.8 Å². The van der Waals surface area contributed by atoms with Crippen LogP contribution in [0.2, 0.25) is 0 Å². The van der Waals surface area contributed by atoms with Crippen molar-refractivity contribution in [2.24, 2.45) is 32.5 Å². The Kier molecular flexibility index (Phi) is 19.7. The summed E-state index contributed by atoms with van der Waals surface area (Å²) < 4.78 is 5.49. The van der Waals surface area contributed by atoms with Crippen LogP contribution in [0.4, 0.5) is 0 Å². The van der Waals surface area contributed by atoms with Gasteiger partial charge in [-0.1, -0.05) is 131 Å². The van der Waals surface area contributed by atoms with Crippen molar-refractivity contribution in [2.45, 2.75) is 176 Å². The van der Waals surface area contributed by atoms with Crippen LogP contribution in [0.1, 0.15) is 176 Å². The van der Waals surface area contributed by atoms with Crippen molar-refractivity contribution in [3.05, 3.63) is 0 Å². The third-order valence-electron chi connectivity index (χ3n) is 6.00. The van der Waals surface area contributed by atoms with Crippen LogP contribution in [0, 0.1) is 32.5 Å². The summed E-state index contributed by atoms with van der Waals surface area (Å²) in [6.45, 7) is 40.4. The zero-order valence-corrected chi connectivity index (χ0v) is 30.3. The van der Waals surface area contributed by atoms with E-state index < -0.39 is 0 Å². The number of rotatable bonds is 10. The Morgan fingerprint density at radius 1 is 0.436 bits per heavy atom. The van der Waals surface area contributed by atoms with E-state index in [-0.39, 0.29) is 16.6 Å². The van der Waals surface area contributed by atoms with E-state index in [1.807, 2.05) is 41.5 Å². The molecule has 0 aromatic heterocycles. The first-order valence-corrected chi connectivity index (χ1v) is 15.6. The number of unbranched alkanes of at least 4 members (excludes halogenated alkanes) is 1. The minimum Gasteiger partial charge on any atom is -0.381 e. The zero-order valence-electron chi connectivity index (χ0n) is 30.3. The molecule has 0 atom stereocenters. The van der Waals surface area contributed by atoms with Crippen molar-refractivity contribution < 1.29 is 14.3 Å². The second-order valence-electron chi connectivity index (χ2n) is 18.4. The molecule has 0 amide bonds. The fourth-order valence-electron chi connectivity index (χ4n) is 4.25. The molecular weight excluding hydrogens is 480 g/mol. The largest absolute Gasteiger partial charge is 0.381 e. The maximum Gasteiger partial charge on any atom is 0.140 e. The van der Waals surface area contributed by atoms with Crippen molar-refractivity contribution in [3.8, 4) is 0 Å². The molecule has 0 aromatic carbocycles. The van der Waals surface area contributed by atoms with Gasteiger partial charge in [-0.3, -0.25) is 9.59 Å². The highest BCUT2D eigenvalue weighted by atomic mass is 16.5. The number of hydrogen-bond donors (Lipinski definition) is 0. The first-order chi connectivity index (χ1) is 17.0. The predicted octanol–water partition coefficient (Wildman–Crippen LogP) is 11.5. The van der Waals surface area contributed by atoms with Gasteiger partial charge in [-0.15, -0.1) is 0 Å². The Bertz CT molecular complexity index is 632. The van der Waals surface area contributed by atoms with Crippen molar-refractivity contribution in [1.29, 1.82) is 0 Å². The van der Waals surface area contributed by atoms with E-state index in [1.54, 1.807) is 0 Å². The Hall–Kier alpha value is -0.700. The van der Waals surface area contributed by atoms with E-state index in [9.17, 15) is 9.59 Å². The van der Waals surface area contributed by atoms with Gasteiger partial charge in [-0.05, 0) is 53.8 Å². The molecule has 0 fully saturated rings. The monoisotopic (exact) mass is 555 g/mol. The number of hydrogen-bond acceptors (Lipinski definition) is 3. The van der Waals surface area contributed by atoms with Crippen molar-refractivity contribution in [2.75, 3.05) is 13.2 Å². The Morgan fingerprint density at radius 2 is 0.795 bits per heavy atom. The van der Waals surface area contributed by atoms with E-state index in [0.717, 1.165) is 32.3 Å². The summed E-state index contributed by atoms with van der Waals surface area (Å²) >= 11 is 0. The first-order valence-electron chi connectivity index (χ1n) is 15.6. The molecule has 39 heavy (non-hydrogen) atoms. The minimum atomic E-state index is -0.227. The van der Waals surface area contributed by atoms with Crippen LogP contribution in [0.3, 0.4) is 0 Å². The lowest BCUT2D eigenvalue weighted by atomic mass is 9.78. The molecule has 0 bridgehead atoms. The highest BCUT2D eigenvalue weighted by Crippen LogP contribution is 2.32. The summed E-state index contributed by atoms with van der Waals surface area (Å²) in [6, 6.07) is 0. The quantitative estimate of drug-likeness (QED) is 0.252. The van der Waals surface area contributed by atoms with Gasteiger partial charge in [0.2, 0.25) is 0 Å². The molecule has 0 spiro atoms. The molecule has 0 aliphatic carbocycles. The number of Topliss-reactive ketones (excluding diaryl/α,β-unsaturated/α-hetero) is 2. The standard InChI is InChI=1S/C15H30O2.C12H24O.C9H20/c1-14(2,3)10-7-8-11-17-12-9-13(16)15(4,5)6;1-11(2,3)9-7-8-10(13)12(4,5)6;1-8(2,3)7-9(4,5)6/h7-12H2,1-6H3;7-9H2,1-6H3;7H2,1-6H3. The second-order valence-corrected chi connectivity index (χ2v) is 18.4. The van der Waals surface area contributed by atoms with Gasteiger partial charge in [-0.2, -0.15) is 0 Å². The highest BCUT2D eigenvalue weighted by molar-refractivity contribution is 5.84. The third-order valence-corrected chi connectivity index (χ3v) is 6.00. The molecule has 3 nitrogen and oxygen atoms in total. The van der Waals surface area contributed by atoms with E-state index in [2.05, 4.69) is 83.1 Å². The van der Waals surface area contributed by atoms with Gasteiger partial charge < -0.3 is 4.74 Å². The summed E-state index contributed by atoms with van der Waals surface area (Å²) in [4.78, 5) is 23.2. The lowest BCUT2D eigenvalue weighted by molar-refractivity contribution is -0.127. The van der Waals surface area contributed by atoms with Crippen LogP contribution in [0.25, 0.3) is 0 Å². The van der Waals surface area contributed by atoms with Gasteiger partial charge in [0.1, 0.15) is 11.6 Å². The van der Waals surface area contributed by atoms with E-state index >= 15 is 0 Å². The zero-order chi connectivity index (χ0) is 31.9. The van der Waals surface area contributed by atoms with Gasteiger partial charge >= 0.3 is 0 Å². The maximum atomic E-state index is 11.6. The molecule has 0 heterocycles. The van der Waals surface area contributed by atoms with Crippen LogP contribution >= 0.6 is 0 Å². The third kappa shape index (κ3) is 37.3. The second kappa shape index (κ2) is 18.0. The Morgan fingerprint density at radius 3 is 1.10 bits per heavy atom. The van der Waals surface area contributed by atoms with E-state index in [4.69, 9.17) is 4.74 Å². The molecule has 0 N–H and O–H groups in total. The summed E-state index contributed by atoms with van der Waals surface area (Å²) in [5.41, 5.74) is 1.37. The summed E-state index contributed by atoms with van der Waals surface area (Å²) in [6.07, 6.45) is 8.27. The molecule has 0 aliphatic heterocycles. The molecule has 0 radical (unpaired) electrons. The normalized spacial score (nSPS) is 13.2. The topological polar surface area (TPSA) is 43.4 Å². The fraction of sp³-hybridized carbons (Fsp3) is 0.944. The summed E-state index contributed by atoms with van der Waals surface area (Å²) in [7, 11) is 0. The lowest BCUT2D eigenvalue weighted by Gasteiger charge is -2.28. The molecule has 0 saturated carbocycles. The SMILES string of the molecule is CC(C)(C)CC(C)(C)C.CC(C)(C)CCCC(=O)C(C)(C)C.CC(C)(C)CCCCOCCC(=O)C(C)(C)C. The molecular formula is C36H74O3. The molecule has 0 rings (SSSR count). The van der Waals surface area contributed by atoms with Gasteiger partial charge in [0.15, 0.2) is 0 Å². The molecule has 3 heteroatoms. The molecule has 0 aromatic rings. The molecule has 0 saturated heterocycles. The van der Waals surface area contributed by atoms with E-state index in [1.165, 1.54) is 19.3 Å². The fourth-order valence-corrected chi connectivity index (χ4v) is 4.25. The molecule has 0 aliphatic rings. The van der Waals surface area contributed by atoms with Gasteiger partial charge in [0.25, 0.3) is 0 Å². The number of carbonyl (C=O) groups excluding carboxylic acids is 2. The van der Waals surface area contributed by atoms with Gasteiger partial charge in [-0.25, -0.2) is 0 Å². The van der Waals surface area contributed by atoms with Gasteiger partial charge in [0, 0.05) is 30.3 Å². The minimum absolute atomic E-state index is 0.155. The van der Waals surface area contributed by atoms with Crippen molar-refractivity contribution in [1.82, 2.24) is 0 Å². The van der Waals surface area contributed by atoms with Crippen molar-refractivity contribution >= 4 is 11.6 Å². The number of ketones is 2. The van der Waals surface area contributed by atoms with Gasteiger partial charge in [0.05, 0.1) is 6.61 Å². The van der Waals surface area contributed by atoms with Crippen LogP contribution in [0.5, 0.6) is 0 Å². The number of carbonyl (C=O) groups is 2. The highest BCUT2D eigenvalue weighted by Gasteiger charge is 2.22. The smallest absolute Gasteiger partial charge is 0.140 e. The van der Waals surface area contributed by atoms with Crippen LogP contribution in [0.15, 0.2) is 0 Å². The lowest BCUT2D eigenvalue weighted by Crippen LogP contribution is -2.21. The summed E-state index contributed by atoms with van der Waals surface area (Å²) in [5, 5.41) is 0. The Balaban J connectivity index is -0.000000524. The number of ether oxygens (including phenoxy) is 1. The molecule has 0 unspecified atom stereocenters. The first kappa shape index (κ1) is 42.8. The van der Waals surface area contributed by atoms with E-state index in [0.29, 0.717) is 40.5 Å². The Labute approximate surface area is 247 Å². The van der Waals surface area contributed by atoms with Crippen molar-refractivity contribution in [3.63, 3.8) is 0 Å². The summed E-state index contributed by atoms with van der Waals surface area (Å²) in [5.74, 6) is 0.670. The maximum absolute atomic E-state index is 11.6. The average Bonchev–Trinajstić information content (AvgIpc) is 2.61. The average molecular weight is 555 g/mol. The molecule has 236 valence electrons.